The summed E-state index contributed by atoms with van der Waals surface area (Å²) in [6.45, 7) is 1.29. The highest BCUT2D eigenvalue weighted by Gasteiger charge is 2.32. The van der Waals surface area contributed by atoms with Crippen LogP contribution in [0.25, 0.3) is 5.65 Å². The number of aromatic nitrogens is 3. The molecule has 0 aliphatic carbocycles. The van der Waals surface area contributed by atoms with Gasteiger partial charge in [0, 0.05) is 25.2 Å². The average Bonchev–Trinajstić information content (AvgIpc) is 3.11. The first-order valence-electron chi connectivity index (χ1n) is 8.63. The van der Waals surface area contributed by atoms with Crippen LogP contribution in [0, 0.1) is 11.3 Å². The Balaban J connectivity index is 1.53. The number of hydrogen-bond acceptors (Lipinski definition) is 4. The second kappa shape index (κ2) is 6.58. The fourth-order valence-electron chi connectivity index (χ4n) is 3.59. The minimum atomic E-state index is -4.45. The second-order valence-electron chi connectivity index (χ2n) is 6.59. The van der Waals surface area contributed by atoms with Crippen LogP contribution in [0.2, 0.25) is 0 Å². The first-order chi connectivity index (χ1) is 13.0. The van der Waals surface area contributed by atoms with Crippen molar-refractivity contribution < 1.29 is 13.2 Å². The molecule has 1 aliphatic rings. The molecule has 2 aromatic heterocycles. The summed E-state index contributed by atoms with van der Waals surface area (Å²) in [5.41, 5.74) is 0.600. The maximum Gasteiger partial charge on any atom is 0.416 e. The Morgan fingerprint density at radius 1 is 1.07 bits per heavy atom. The van der Waals surface area contributed by atoms with E-state index >= 15 is 0 Å². The molecule has 0 radical (unpaired) electrons. The molecule has 0 amide bonds. The van der Waals surface area contributed by atoms with Gasteiger partial charge in [-0.3, -0.25) is 4.40 Å². The van der Waals surface area contributed by atoms with Crippen LogP contribution >= 0.6 is 0 Å². The highest BCUT2D eigenvalue weighted by atomic mass is 19.4. The third-order valence-electron chi connectivity index (χ3n) is 4.99. The molecule has 4 rings (SSSR count). The van der Waals surface area contributed by atoms with Crippen molar-refractivity contribution in [3.63, 3.8) is 0 Å². The number of halogens is 3. The normalized spacial score (nSPS) is 15.9. The zero-order valence-corrected chi connectivity index (χ0v) is 14.3. The third kappa shape index (κ3) is 3.21. The van der Waals surface area contributed by atoms with Gasteiger partial charge < -0.3 is 4.90 Å². The second-order valence-corrected chi connectivity index (χ2v) is 6.59. The molecule has 1 aromatic carbocycles. The third-order valence-corrected chi connectivity index (χ3v) is 4.99. The minimum Gasteiger partial charge on any atom is -0.370 e. The van der Waals surface area contributed by atoms with Crippen molar-refractivity contribution in [3.8, 4) is 6.07 Å². The van der Waals surface area contributed by atoms with Crippen molar-refractivity contribution in [1.29, 1.82) is 5.26 Å². The van der Waals surface area contributed by atoms with Gasteiger partial charge in [0.2, 0.25) is 0 Å². The van der Waals surface area contributed by atoms with Crippen molar-refractivity contribution in [2.24, 2.45) is 0 Å². The number of nitriles is 1. The van der Waals surface area contributed by atoms with Crippen molar-refractivity contribution in [2.45, 2.75) is 24.9 Å². The Bertz CT molecular complexity index is 1010. The van der Waals surface area contributed by atoms with Crippen molar-refractivity contribution >= 4 is 11.3 Å². The van der Waals surface area contributed by atoms with Gasteiger partial charge in [0.25, 0.3) is 0 Å². The van der Waals surface area contributed by atoms with Crippen molar-refractivity contribution in [1.82, 2.24) is 14.6 Å². The number of hydrogen-bond donors (Lipinski definition) is 0. The van der Waals surface area contributed by atoms with E-state index < -0.39 is 11.7 Å². The first kappa shape index (κ1) is 17.3. The predicted molar refractivity (Wildman–Crippen MR) is 93.3 cm³/mol. The van der Waals surface area contributed by atoms with E-state index in [-0.39, 0.29) is 11.5 Å². The lowest BCUT2D eigenvalue weighted by Crippen LogP contribution is -2.34. The van der Waals surface area contributed by atoms with E-state index in [1.54, 1.807) is 0 Å². The van der Waals surface area contributed by atoms with Gasteiger partial charge in [0.1, 0.15) is 11.9 Å². The van der Waals surface area contributed by atoms with E-state index in [0.29, 0.717) is 18.8 Å². The fourth-order valence-corrected chi connectivity index (χ4v) is 3.59. The lowest BCUT2D eigenvalue weighted by Gasteiger charge is -2.33. The van der Waals surface area contributed by atoms with Crippen LogP contribution in [-0.2, 0) is 6.18 Å². The largest absolute Gasteiger partial charge is 0.416 e. The Hall–Kier alpha value is -3.08. The molecule has 5 nitrogen and oxygen atoms in total. The Morgan fingerprint density at radius 3 is 2.56 bits per heavy atom. The van der Waals surface area contributed by atoms with Gasteiger partial charge in [0.15, 0.2) is 5.65 Å². The molecular weight excluding hydrogens is 355 g/mol. The summed E-state index contributed by atoms with van der Waals surface area (Å²) in [6, 6.07) is 11.0. The monoisotopic (exact) mass is 371 g/mol. The molecule has 0 saturated carbocycles. The summed E-state index contributed by atoms with van der Waals surface area (Å²) in [5, 5.41) is 17.8. The minimum absolute atomic E-state index is 0.0520. The number of rotatable bonds is 2. The van der Waals surface area contributed by atoms with E-state index in [4.69, 9.17) is 0 Å². The Kier molecular flexibility index (Phi) is 4.22. The van der Waals surface area contributed by atoms with Gasteiger partial charge in [-0.15, -0.1) is 10.2 Å². The van der Waals surface area contributed by atoms with Gasteiger partial charge in [-0.05, 0) is 43.2 Å². The number of fused-ring (bicyclic) bond motifs is 1. The molecule has 138 valence electrons. The van der Waals surface area contributed by atoms with Gasteiger partial charge >= 0.3 is 6.18 Å². The molecule has 3 heterocycles. The van der Waals surface area contributed by atoms with Crippen LogP contribution < -0.4 is 4.90 Å². The summed E-state index contributed by atoms with van der Waals surface area (Å²) >= 11 is 0. The smallest absolute Gasteiger partial charge is 0.370 e. The van der Waals surface area contributed by atoms with Crippen LogP contribution in [0.1, 0.15) is 35.7 Å². The van der Waals surface area contributed by atoms with E-state index in [9.17, 15) is 18.4 Å². The van der Waals surface area contributed by atoms with Gasteiger partial charge in [-0.1, -0.05) is 6.07 Å². The molecule has 0 N–H and O–H groups in total. The Morgan fingerprint density at radius 2 is 1.85 bits per heavy atom. The summed E-state index contributed by atoms with van der Waals surface area (Å²) in [6.07, 6.45) is -0.935. The zero-order chi connectivity index (χ0) is 19.0. The molecule has 1 saturated heterocycles. The average molecular weight is 371 g/mol. The van der Waals surface area contributed by atoms with Gasteiger partial charge in [-0.2, -0.15) is 18.4 Å². The van der Waals surface area contributed by atoms with E-state index in [1.165, 1.54) is 6.07 Å². The Labute approximate surface area is 153 Å². The molecule has 0 spiro atoms. The predicted octanol–water partition coefficient (Wildman–Crippen LogP) is 4.00. The topological polar surface area (TPSA) is 57.2 Å². The lowest BCUT2D eigenvalue weighted by molar-refractivity contribution is -0.137. The number of pyridine rings is 1. The summed E-state index contributed by atoms with van der Waals surface area (Å²) in [4.78, 5) is 1.97. The van der Waals surface area contributed by atoms with Crippen LogP contribution in [-0.4, -0.2) is 27.7 Å². The number of nitrogens with zero attached hydrogens (tertiary/aromatic N) is 5. The molecule has 1 aliphatic heterocycles. The molecule has 3 aromatic rings. The van der Waals surface area contributed by atoms with Gasteiger partial charge in [-0.25, -0.2) is 0 Å². The number of piperidine rings is 1. The van der Waals surface area contributed by atoms with Crippen LogP contribution in [0.4, 0.5) is 18.9 Å². The summed E-state index contributed by atoms with van der Waals surface area (Å²) < 4.78 is 40.6. The quantitative estimate of drug-likeness (QED) is 0.683. The SMILES string of the molecule is N#Cc1cc(C(F)(F)F)ccc1N1CCC(c2nnc3ccccn23)CC1. The number of anilines is 1. The molecule has 1 fully saturated rings. The number of benzene rings is 1. The van der Waals surface area contributed by atoms with Gasteiger partial charge in [0.05, 0.1) is 16.8 Å². The van der Waals surface area contributed by atoms with E-state index in [0.717, 1.165) is 36.4 Å². The molecule has 27 heavy (non-hydrogen) atoms. The summed E-state index contributed by atoms with van der Waals surface area (Å²) in [7, 11) is 0. The number of alkyl halides is 3. The van der Waals surface area contributed by atoms with Crippen LogP contribution in [0.15, 0.2) is 42.6 Å². The van der Waals surface area contributed by atoms with Crippen molar-refractivity contribution in [2.75, 3.05) is 18.0 Å². The van der Waals surface area contributed by atoms with Crippen molar-refractivity contribution in [3.05, 3.63) is 59.5 Å². The maximum atomic E-state index is 12.9. The highest BCUT2D eigenvalue weighted by Crippen LogP contribution is 2.35. The van der Waals surface area contributed by atoms with Crippen LogP contribution in [0.3, 0.4) is 0 Å². The molecule has 0 atom stereocenters. The highest BCUT2D eigenvalue weighted by molar-refractivity contribution is 5.61. The molecular formula is C19H16F3N5. The van der Waals surface area contributed by atoms with Crippen LogP contribution in [0.5, 0.6) is 0 Å². The lowest BCUT2D eigenvalue weighted by atomic mass is 9.95. The first-order valence-corrected chi connectivity index (χ1v) is 8.63. The zero-order valence-electron chi connectivity index (χ0n) is 14.3. The molecule has 0 bridgehead atoms. The summed E-state index contributed by atoms with van der Waals surface area (Å²) in [5.74, 6) is 1.12. The standard InChI is InChI=1S/C19H16F3N5/c20-19(21,22)15-4-5-16(14(11-15)12-23)26-9-6-13(7-10-26)18-25-24-17-3-1-2-8-27(17)18/h1-5,8,11,13H,6-7,9-10H2. The molecule has 0 unspecified atom stereocenters. The fraction of sp³-hybridized carbons (Fsp3) is 0.316. The maximum absolute atomic E-state index is 12.9. The molecule has 8 heteroatoms. The van der Waals surface area contributed by atoms with E-state index in [2.05, 4.69) is 10.2 Å². The van der Waals surface area contributed by atoms with E-state index in [1.807, 2.05) is 39.8 Å².